The lowest BCUT2D eigenvalue weighted by Crippen LogP contribution is -2.47. The highest BCUT2D eigenvalue weighted by molar-refractivity contribution is 5.85. The highest BCUT2D eigenvalue weighted by Crippen LogP contribution is 2.26. The highest BCUT2D eigenvalue weighted by Gasteiger charge is 2.23. The largest absolute Gasteiger partial charge is 0.493 e. The number of piperazine rings is 1. The molecule has 0 aromatic heterocycles. The fraction of sp³-hybridized carbons (Fsp3) is 0.368. The van der Waals surface area contributed by atoms with E-state index in [1.54, 1.807) is 19.2 Å². The van der Waals surface area contributed by atoms with Crippen LogP contribution in [0.3, 0.4) is 0 Å². The second kappa shape index (κ2) is 9.61. The van der Waals surface area contributed by atoms with Gasteiger partial charge in [-0.15, -0.1) is 12.4 Å². The van der Waals surface area contributed by atoms with Crippen LogP contribution in [0.2, 0.25) is 0 Å². The van der Waals surface area contributed by atoms with Crippen molar-refractivity contribution in [2.24, 2.45) is 0 Å². The Morgan fingerprint density at radius 3 is 2.72 bits per heavy atom. The van der Waals surface area contributed by atoms with Gasteiger partial charge in [0, 0.05) is 32.2 Å². The van der Waals surface area contributed by atoms with E-state index >= 15 is 0 Å². The third kappa shape index (κ3) is 5.08. The van der Waals surface area contributed by atoms with Crippen molar-refractivity contribution in [3.8, 4) is 11.5 Å². The number of methoxy groups -OCH3 is 1. The molecule has 0 saturated carbocycles. The Balaban J connectivity index is 0.00000225. The molecule has 4 nitrogen and oxygen atoms in total. The first-order valence-electron chi connectivity index (χ1n) is 8.24. The number of nitrogens with one attached hydrogen (secondary N) is 1. The minimum atomic E-state index is -0.191. The predicted octanol–water partition coefficient (Wildman–Crippen LogP) is 3.28. The van der Waals surface area contributed by atoms with Crippen LogP contribution in [0.4, 0.5) is 4.39 Å². The normalized spacial score (nSPS) is 17.6. The van der Waals surface area contributed by atoms with Crippen molar-refractivity contribution in [1.82, 2.24) is 10.2 Å². The van der Waals surface area contributed by atoms with Gasteiger partial charge in [-0.25, -0.2) is 4.39 Å². The minimum absolute atomic E-state index is 0. The Labute approximate surface area is 154 Å². The Morgan fingerprint density at radius 2 is 1.96 bits per heavy atom. The number of rotatable bonds is 6. The molecule has 136 valence electrons. The molecule has 0 amide bonds. The van der Waals surface area contributed by atoms with Crippen LogP contribution in [0.25, 0.3) is 0 Å². The van der Waals surface area contributed by atoms with Crippen molar-refractivity contribution >= 4 is 12.4 Å². The predicted molar refractivity (Wildman–Crippen MR) is 99.3 cm³/mol. The van der Waals surface area contributed by atoms with Crippen molar-refractivity contribution in [3.63, 3.8) is 0 Å². The van der Waals surface area contributed by atoms with Gasteiger partial charge in [0.2, 0.25) is 0 Å². The Kier molecular flexibility index (Phi) is 7.50. The van der Waals surface area contributed by atoms with Gasteiger partial charge in [0.1, 0.15) is 12.4 Å². The van der Waals surface area contributed by atoms with E-state index in [0.717, 1.165) is 43.2 Å². The first-order chi connectivity index (χ1) is 11.8. The van der Waals surface area contributed by atoms with Gasteiger partial charge in [-0.05, 0) is 29.8 Å². The molecule has 1 atom stereocenters. The van der Waals surface area contributed by atoms with Crippen LogP contribution in [-0.2, 0) is 0 Å². The third-order valence-corrected chi connectivity index (χ3v) is 4.29. The van der Waals surface area contributed by atoms with Crippen LogP contribution < -0.4 is 14.8 Å². The van der Waals surface area contributed by atoms with Gasteiger partial charge in [0.25, 0.3) is 0 Å². The summed E-state index contributed by atoms with van der Waals surface area (Å²) >= 11 is 0. The molecule has 1 heterocycles. The van der Waals surface area contributed by atoms with Crippen molar-refractivity contribution in [3.05, 3.63) is 59.9 Å². The Bertz CT molecular complexity index is 671. The van der Waals surface area contributed by atoms with Crippen LogP contribution in [0.1, 0.15) is 11.6 Å². The molecule has 1 N–H and O–H groups in total. The first-order valence-corrected chi connectivity index (χ1v) is 8.24. The van der Waals surface area contributed by atoms with Crippen molar-refractivity contribution in [2.75, 3.05) is 39.9 Å². The Hall–Kier alpha value is -1.82. The molecule has 6 heteroatoms. The molecule has 1 fully saturated rings. The van der Waals surface area contributed by atoms with Gasteiger partial charge in [-0.3, -0.25) is 4.90 Å². The SMILES string of the molecule is COc1ccccc1OCCN1CCNCC1c1cccc(F)c1.Cl. The average molecular weight is 367 g/mol. The minimum Gasteiger partial charge on any atom is -0.493 e. The zero-order chi connectivity index (χ0) is 16.8. The number of para-hydroxylation sites is 2. The summed E-state index contributed by atoms with van der Waals surface area (Å²) in [4.78, 5) is 2.33. The molecule has 1 aliphatic heterocycles. The van der Waals surface area contributed by atoms with Gasteiger partial charge in [-0.1, -0.05) is 24.3 Å². The first kappa shape index (κ1) is 19.5. The van der Waals surface area contributed by atoms with Crippen LogP contribution in [0.5, 0.6) is 11.5 Å². The molecule has 25 heavy (non-hydrogen) atoms. The zero-order valence-electron chi connectivity index (χ0n) is 14.3. The van der Waals surface area contributed by atoms with E-state index in [9.17, 15) is 4.39 Å². The molecular formula is C19H24ClFN2O2. The summed E-state index contributed by atoms with van der Waals surface area (Å²) in [6.45, 7) is 4.00. The summed E-state index contributed by atoms with van der Waals surface area (Å²) < 4.78 is 24.7. The molecule has 0 radical (unpaired) electrons. The molecule has 3 rings (SSSR count). The summed E-state index contributed by atoms with van der Waals surface area (Å²) in [5.74, 6) is 1.29. The standard InChI is InChI=1S/C19H23FN2O2.ClH/c1-23-18-7-2-3-8-19(18)24-12-11-22-10-9-21-14-17(22)15-5-4-6-16(20)13-15;/h2-8,13,17,21H,9-12,14H2,1H3;1H. The van der Waals surface area contributed by atoms with E-state index in [1.807, 2.05) is 30.3 Å². The van der Waals surface area contributed by atoms with Crippen LogP contribution in [0, 0.1) is 5.82 Å². The maximum Gasteiger partial charge on any atom is 0.161 e. The molecule has 0 bridgehead atoms. The lowest BCUT2D eigenvalue weighted by atomic mass is 10.0. The number of halogens is 2. The topological polar surface area (TPSA) is 33.7 Å². The van der Waals surface area contributed by atoms with Crippen molar-refractivity contribution in [2.45, 2.75) is 6.04 Å². The lowest BCUT2D eigenvalue weighted by molar-refractivity contribution is 0.132. The van der Waals surface area contributed by atoms with E-state index in [4.69, 9.17) is 9.47 Å². The number of hydrogen-bond donors (Lipinski definition) is 1. The number of hydrogen-bond acceptors (Lipinski definition) is 4. The monoisotopic (exact) mass is 366 g/mol. The summed E-state index contributed by atoms with van der Waals surface area (Å²) in [6.07, 6.45) is 0. The zero-order valence-corrected chi connectivity index (χ0v) is 15.1. The van der Waals surface area contributed by atoms with E-state index in [0.29, 0.717) is 6.61 Å². The molecule has 0 spiro atoms. The van der Waals surface area contributed by atoms with Gasteiger partial charge in [0.15, 0.2) is 11.5 Å². The fourth-order valence-electron chi connectivity index (χ4n) is 3.07. The molecule has 1 aliphatic rings. The van der Waals surface area contributed by atoms with Gasteiger partial charge < -0.3 is 14.8 Å². The molecule has 1 saturated heterocycles. The van der Waals surface area contributed by atoms with E-state index in [-0.39, 0.29) is 24.3 Å². The Morgan fingerprint density at radius 1 is 1.16 bits per heavy atom. The molecule has 0 aliphatic carbocycles. The van der Waals surface area contributed by atoms with Crippen molar-refractivity contribution < 1.29 is 13.9 Å². The average Bonchev–Trinajstić information content (AvgIpc) is 2.62. The molecule has 2 aromatic rings. The maximum atomic E-state index is 13.5. The van der Waals surface area contributed by atoms with Crippen LogP contribution in [-0.4, -0.2) is 44.8 Å². The molecular weight excluding hydrogens is 343 g/mol. The highest BCUT2D eigenvalue weighted by atomic mass is 35.5. The summed E-state index contributed by atoms with van der Waals surface area (Å²) in [5, 5.41) is 3.38. The van der Waals surface area contributed by atoms with E-state index < -0.39 is 0 Å². The van der Waals surface area contributed by atoms with Crippen LogP contribution >= 0.6 is 12.4 Å². The summed E-state index contributed by atoms with van der Waals surface area (Å²) in [6, 6.07) is 14.6. The van der Waals surface area contributed by atoms with Crippen molar-refractivity contribution in [1.29, 1.82) is 0 Å². The number of ether oxygens (including phenoxy) is 2. The quantitative estimate of drug-likeness (QED) is 0.850. The van der Waals surface area contributed by atoms with Gasteiger partial charge in [-0.2, -0.15) is 0 Å². The van der Waals surface area contributed by atoms with Gasteiger partial charge in [0.05, 0.1) is 7.11 Å². The second-order valence-corrected chi connectivity index (χ2v) is 5.81. The summed E-state index contributed by atoms with van der Waals surface area (Å²) in [5.41, 5.74) is 1.000. The fourth-order valence-corrected chi connectivity index (χ4v) is 3.07. The van der Waals surface area contributed by atoms with Crippen LogP contribution in [0.15, 0.2) is 48.5 Å². The number of nitrogens with zero attached hydrogens (tertiary/aromatic N) is 1. The smallest absolute Gasteiger partial charge is 0.161 e. The number of benzene rings is 2. The van der Waals surface area contributed by atoms with Gasteiger partial charge >= 0.3 is 0 Å². The maximum absolute atomic E-state index is 13.5. The second-order valence-electron chi connectivity index (χ2n) is 5.81. The molecule has 1 unspecified atom stereocenters. The summed E-state index contributed by atoms with van der Waals surface area (Å²) in [7, 11) is 1.64. The van der Waals surface area contributed by atoms with E-state index in [1.165, 1.54) is 6.07 Å². The lowest BCUT2D eigenvalue weighted by Gasteiger charge is -2.36. The van der Waals surface area contributed by atoms with E-state index in [2.05, 4.69) is 10.2 Å². The third-order valence-electron chi connectivity index (χ3n) is 4.29. The molecule has 2 aromatic carbocycles.